The largest absolute Gasteiger partial charge is 0.507 e. The number of phenolic OH excluding ortho intramolecular Hbond substituents is 1. The van der Waals surface area contributed by atoms with Crippen LogP contribution in [-0.2, 0) is 22.5 Å². The van der Waals surface area contributed by atoms with E-state index in [2.05, 4.69) is 10.1 Å². The van der Waals surface area contributed by atoms with Crippen LogP contribution in [0.3, 0.4) is 0 Å². The highest BCUT2D eigenvalue weighted by Crippen LogP contribution is 2.32. The summed E-state index contributed by atoms with van der Waals surface area (Å²) in [6.07, 6.45) is 2.14. The van der Waals surface area contributed by atoms with Gasteiger partial charge in [-0.05, 0) is 62.7 Å². The average molecular weight is 429 g/mol. The molecule has 30 heavy (non-hydrogen) atoms. The minimum atomic E-state index is -0.107. The number of carbonyl (C=O) groups excluding carboxylic acids is 1. The second kappa shape index (κ2) is 9.06. The number of aromatic nitrogens is 1. The Kier molecular flexibility index (Phi) is 6.25. The number of aromatic hydroxyl groups is 1. The highest BCUT2D eigenvalue weighted by Gasteiger charge is 2.27. The fourth-order valence-corrected chi connectivity index (χ4v) is 4.11. The lowest BCUT2D eigenvalue weighted by Gasteiger charge is -2.30. The van der Waals surface area contributed by atoms with Crippen molar-refractivity contribution >= 4 is 28.5 Å². The number of hydrogen-bond donors (Lipinski definition) is 1. The molecule has 1 aliphatic heterocycles. The number of piperidine rings is 1. The minimum absolute atomic E-state index is 0.0400. The van der Waals surface area contributed by atoms with Gasteiger partial charge in [0, 0.05) is 23.4 Å². The van der Waals surface area contributed by atoms with Gasteiger partial charge in [-0.3, -0.25) is 9.69 Å². The number of benzene rings is 2. The number of hydrogen-bond acceptors (Lipinski definition) is 6. The van der Waals surface area contributed by atoms with Crippen LogP contribution in [0.15, 0.2) is 40.9 Å². The Hall–Kier alpha value is -2.57. The first-order chi connectivity index (χ1) is 14.5. The van der Waals surface area contributed by atoms with Gasteiger partial charge in [-0.2, -0.15) is 0 Å². The predicted octanol–water partition coefficient (Wildman–Crippen LogP) is 4.55. The number of phenols is 1. The fourth-order valence-electron chi connectivity index (χ4n) is 3.99. The molecule has 0 atom stereocenters. The van der Waals surface area contributed by atoms with Gasteiger partial charge < -0.3 is 14.4 Å². The number of ether oxygens (including phenoxy) is 1. The molecule has 3 aromatic rings. The van der Waals surface area contributed by atoms with Crippen LogP contribution in [0.1, 0.15) is 36.6 Å². The van der Waals surface area contributed by atoms with Crippen LogP contribution in [0.2, 0.25) is 5.02 Å². The van der Waals surface area contributed by atoms with Crippen molar-refractivity contribution in [2.75, 3.05) is 19.7 Å². The van der Waals surface area contributed by atoms with E-state index in [1.165, 1.54) is 0 Å². The van der Waals surface area contributed by atoms with Crippen molar-refractivity contribution in [1.29, 1.82) is 0 Å². The van der Waals surface area contributed by atoms with Crippen molar-refractivity contribution in [3.05, 3.63) is 58.2 Å². The van der Waals surface area contributed by atoms with Crippen LogP contribution in [0, 0.1) is 5.92 Å². The molecule has 0 bridgehead atoms. The van der Waals surface area contributed by atoms with Gasteiger partial charge >= 0.3 is 5.97 Å². The van der Waals surface area contributed by atoms with Gasteiger partial charge in [-0.25, -0.2) is 0 Å². The molecule has 1 saturated heterocycles. The Morgan fingerprint density at radius 1 is 1.23 bits per heavy atom. The Labute approximate surface area is 180 Å². The van der Waals surface area contributed by atoms with Gasteiger partial charge in [0.25, 0.3) is 0 Å². The van der Waals surface area contributed by atoms with E-state index in [0.717, 1.165) is 48.1 Å². The highest BCUT2D eigenvalue weighted by atomic mass is 35.5. The minimum Gasteiger partial charge on any atom is -0.507 e. The molecule has 1 N–H and O–H groups in total. The molecule has 0 saturated carbocycles. The summed E-state index contributed by atoms with van der Waals surface area (Å²) in [5.74, 6) is 0.0511. The Bertz CT molecular complexity index is 1020. The molecule has 1 aromatic heterocycles. The molecular weight excluding hydrogens is 404 g/mol. The van der Waals surface area contributed by atoms with E-state index in [1.807, 2.05) is 37.3 Å². The first-order valence-corrected chi connectivity index (χ1v) is 10.7. The molecule has 0 unspecified atom stereocenters. The molecule has 1 fully saturated rings. The summed E-state index contributed by atoms with van der Waals surface area (Å²) in [5.41, 5.74) is 3.27. The number of fused-ring (bicyclic) bond motifs is 1. The lowest BCUT2D eigenvalue weighted by Crippen LogP contribution is -2.36. The standard InChI is InChI=1S/C23H25ClN2O4/c1-2-29-23(28)16-9-11-26(12-10-16)14-19-21(27)8-7-18-20(25-30-22(18)19)13-15-3-5-17(24)6-4-15/h3-8,16,27H,2,9-14H2,1H3. The summed E-state index contributed by atoms with van der Waals surface area (Å²) in [7, 11) is 0. The molecule has 2 heterocycles. The van der Waals surface area contributed by atoms with E-state index in [4.69, 9.17) is 20.9 Å². The molecule has 6 nitrogen and oxygen atoms in total. The van der Waals surface area contributed by atoms with Crippen LogP contribution in [0.5, 0.6) is 5.75 Å². The van der Waals surface area contributed by atoms with Crippen molar-refractivity contribution in [3.8, 4) is 5.75 Å². The molecule has 0 amide bonds. The van der Waals surface area contributed by atoms with Gasteiger partial charge in [-0.1, -0.05) is 28.9 Å². The van der Waals surface area contributed by atoms with Gasteiger partial charge in [-0.15, -0.1) is 0 Å². The lowest BCUT2D eigenvalue weighted by molar-refractivity contribution is -0.149. The van der Waals surface area contributed by atoms with Gasteiger partial charge in [0.1, 0.15) is 5.75 Å². The maximum atomic E-state index is 12.0. The fraction of sp³-hybridized carbons (Fsp3) is 0.391. The number of halogens is 1. The maximum absolute atomic E-state index is 12.0. The summed E-state index contributed by atoms with van der Waals surface area (Å²) in [5, 5.41) is 16.3. The first kappa shape index (κ1) is 20.7. The van der Waals surface area contributed by atoms with E-state index in [1.54, 1.807) is 6.07 Å². The molecule has 0 radical (unpaired) electrons. The number of likely N-dealkylation sites (tertiary alicyclic amines) is 1. The Morgan fingerprint density at radius 3 is 2.67 bits per heavy atom. The molecule has 4 rings (SSSR count). The summed E-state index contributed by atoms with van der Waals surface area (Å²) in [6, 6.07) is 11.2. The van der Waals surface area contributed by atoms with Crippen LogP contribution in [-0.4, -0.2) is 40.8 Å². The average Bonchev–Trinajstić information content (AvgIpc) is 3.15. The normalized spacial score (nSPS) is 15.5. The van der Waals surface area contributed by atoms with Crippen molar-refractivity contribution in [3.63, 3.8) is 0 Å². The van der Waals surface area contributed by atoms with E-state index in [-0.39, 0.29) is 17.6 Å². The topological polar surface area (TPSA) is 75.8 Å². The maximum Gasteiger partial charge on any atom is 0.309 e. The Morgan fingerprint density at radius 2 is 1.97 bits per heavy atom. The van der Waals surface area contributed by atoms with Crippen molar-refractivity contribution < 1.29 is 19.2 Å². The Balaban J connectivity index is 1.49. The van der Waals surface area contributed by atoms with E-state index in [9.17, 15) is 9.90 Å². The third-order valence-corrected chi connectivity index (χ3v) is 5.92. The van der Waals surface area contributed by atoms with Crippen molar-refractivity contribution in [1.82, 2.24) is 10.1 Å². The van der Waals surface area contributed by atoms with Gasteiger partial charge in [0.2, 0.25) is 0 Å². The third-order valence-electron chi connectivity index (χ3n) is 5.67. The molecule has 1 aliphatic rings. The molecule has 158 valence electrons. The predicted molar refractivity (Wildman–Crippen MR) is 115 cm³/mol. The monoisotopic (exact) mass is 428 g/mol. The second-order valence-electron chi connectivity index (χ2n) is 7.67. The van der Waals surface area contributed by atoms with Gasteiger partial charge in [0.05, 0.1) is 23.8 Å². The second-order valence-corrected chi connectivity index (χ2v) is 8.11. The van der Waals surface area contributed by atoms with Gasteiger partial charge in [0.15, 0.2) is 5.58 Å². The summed E-state index contributed by atoms with van der Waals surface area (Å²) in [6.45, 7) is 4.33. The number of rotatable bonds is 6. The van der Waals surface area contributed by atoms with Crippen molar-refractivity contribution in [2.24, 2.45) is 5.92 Å². The smallest absolute Gasteiger partial charge is 0.309 e. The third kappa shape index (κ3) is 4.45. The zero-order valence-corrected chi connectivity index (χ0v) is 17.7. The lowest BCUT2D eigenvalue weighted by atomic mass is 9.96. The van der Waals surface area contributed by atoms with Crippen molar-refractivity contribution in [2.45, 2.75) is 32.7 Å². The molecule has 2 aromatic carbocycles. The highest BCUT2D eigenvalue weighted by molar-refractivity contribution is 6.30. The van der Waals surface area contributed by atoms with Crippen LogP contribution in [0.4, 0.5) is 0 Å². The SMILES string of the molecule is CCOC(=O)C1CCN(Cc2c(O)ccc3c(Cc4ccc(Cl)cc4)noc23)CC1. The van der Waals surface area contributed by atoms with E-state index < -0.39 is 0 Å². The number of nitrogens with zero attached hydrogens (tertiary/aromatic N) is 2. The van der Waals surface area contributed by atoms with Crippen LogP contribution < -0.4 is 0 Å². The van der Waals surface area contributed by atoms with E-state index in [0.29, 0.717) is 30.2 Å². The molecule has 0 aliphatic carbocycles. The molecule has 0 spiro atoms. The molecule has 7 heteroatoms. The van der Waals surface area contributed by atoms with Crippen LogP contribution >= 0.6 is 11.6 Å². The summed E-state index contributed by atoms with van der Waals surface area (Å²) >= 11 is 5.97. The van der Waals surface area contributed by atoms with Crippen LogP contribution in [0.25, 0.3) is 11.0 Å². The summed E-state index contributed by atoms with van der Waals surface area (Å²) in [4.78, 5) is 14.2. The summed E-state index contributed by atoms with van der Waals surface area (Å²) < 4.78 is 10.8. The quantitative estimate of drug-likeness (QED) is 0.580. The van der Waals surface area contributed by atoms with E-state index >= 15 is 0 Å². The zero-order valence-electron chi connectivity index (χ0n) is 16.9. The zero-order chi connectivity index (χ0) is 21.1. The number of esters is 1. The number of carbonyl (C=O) groups is 1. The first-order valence-electron chi connectivity index (χ1n) is 10.3. The molecular formula is C23H25ClN2O4.